The van der Waals surface area contributed by atoms with Crippen molar-refractivity contribution in [2.45, 2.75) is 97.6 Å². The molecule has 2 N–H and O–H groups in total. The lowest BCUT2D eigenvalue weighted by Gasteiger charge is -2.32. The fourth-order valence-electron chi connectivity index (χ4n) is 5.89. The molecule has 3 aromatic rings. The van der Waals surface area contributed by atoms with Gasteiger partial charge in [-0.25, -0.2) is 19.7 Å². The van der Waals surface area contributed by atoms with Crippen LogP contribution < -0.4 is 5.32 Å². The molecule has 0 aromatic carbocycles. The molecule has 8 nitrogen and oxygen atoms in total. The average Bonchev–Trinajstić information content (AvgIpc) is 3.22. The normalized spacial score (nSPS) is 21.2. The first-order valence-electron chi connectivity index (χ1n) is 14.1. The predicted octanol–water partition coefficient (Wildman–Crippen LogP) is 6.53. The molecule has 3 aromatic heterocycles. The Morgan fingerprint density at radius 3 is 2.43 bits per heavy atom. The van der Waals surface area contributed by atoms with Crippen molar-refractivity contribution in [1.82, 2.24) is 24.5 Å². The molecule has 37 heavy (non-hydrogen) atoms. The largest absolute Gasteiger partial charge is 0.475 e. The van der Waals surface area contributed by atoms with Crippen molar-refractivity contribution >= 4 is 23.0 Å². The lowest BCUT2D eigenvalue weighted by Crippen LogP contribution is -2.31. The minimum absolute atomic E-state index is 0.197. The maximum atomic E-state index is 11.9. The summed E-state index contributed by atoms with van der Waals surface area (Å²) in [6.07, 6.45) is 11.6. The zero-order valence-corrected chi connectivity index (χ0v) is 22.6. The molecule has 0 aliphatic heterocycles. The number of imidazole rings is 1. The summed E-state index contributed by atoms with van der Waals surface area (Å²) in [6, 6.07) is 4.34. The van der Waals surface area contributed by atoms with Gasteiger partial charge in [0.1, 0.15) is 11.2 Å². The molecule has 2 aliphatic carbocycles. The summed E-state index contributed by atoms with van der Waals surface area (Å²) < 4.78 is 2.22. The van der Waals surface area contributed by atoms with Gasteiger partial charge in [0.05, 0.1) is 0 Å². The first kappa shape index (κ1) is 25.6. The zero-order chi connectivity index (χ0) is 26.1. The minimum Gasteiger partial charge on any atom is -0.475 e. The standard InChI is InChI=1S/C29H40N6O2/c1-5-19-9-11-20(12-10-19)16-35-24-25(31-18(4)21-7-6-8-21)32-27(29(36)37)33-26(24)34-28(35)23-15-22(17(2)3)13-14-30-23/h13-15,17-21H,5-12,16H2,1-4H3,(H,36,37)(H,31,32,33)/t18-,19-,20-/m1/s1. The number of carboxylic acids is 1. The number of hydrogen-bond acceptors (Lipinski definition) is 6. The molecule has 0 unspecified atom stereocenters. The van der Waals surface area contributed by atoms with Crippen LogP contribution >= 0.6 is 0 Å². The van der Waals surface area contributed by atoms with Gasteiger partial charge in [0, 0.05) is 18.8 Å². The molecule has 8 heteroatoms. The monoisotopic (exact) mass is 504 g/mol. The molecule has 2 fully saturated rings. The number of carboxylic acid groups (broad SMARTS) is 1. The molecule has 0 saturated heterocycles. The van der Waals surface area contributed by atoms with Crippen LogP contribution in [0.2, 0.25) is 0 Å². The Morgan fingerprint density at radius 2 is 1.81 bits per heavy atom. The van der Waals surface area contributed by atoms with E-state index in [0.717, 1.165) is 29.5 Å². The lowest BCUT2D eigenvalue weighted by molar-refractivity contribution is 0.0684. The molecule has 0 bridgehead atoms. The molecule has 2 saturated carbocycles. The van der Waals surface area contributed by atoms with Gasteiger partial charge in [0.25, 0.3) is 0 Å². The number of aromatic nitrogens is 5. The van der Waals surface area contributed by atoms with Crippen molar-refractivity contribution in [3.05, 3.63) is 29.7 Å². The fraction of sp³-hybridized carbons (Fsp3) is 0.621. The highest BCUT2D eigenvalue weighted by molar-refractivity contribution is 5.92. The Labute approximate surface area is 219 Å². The van der Waals surface area contributed by atoms with Crippen LogP contribution in [0.3, 0.4) is 0 Å². The Morgan fingerprint density at radius 1 is 1.08 bits per heavy atom. The van der Waals surface area contributed by atoms with E-state index >= 15 is 0 Å². The molecule has 0 radical (unpaired) electrons. The van der Waals surface area contributed by atoms with E-state index in [4.69, 9.17) is 9.97 Å². The summed E-state index contributed by atoms with van der Waals surface area (Å²) in [6.45, 7) is 9.60. The van der Waals surface area contributed by atoms with Crippen molar-refractivity contribution in [3.63, 3.8) is 0 Å². The van der Waals surface area contributed by atoms with E-state index in [-0.39, 0.29) is 11.9 Å². The third-order valence-corrected chi connectivity index (χ3v) is 8.68. The van der Waals surface area contributed by atoms with Crippen molar-refractivity contribution in [2.75, 3.05) is 5.32 Å². The van der Waals surface area contributed by atoms with Crippen LogP contribution in [-0.4, -0.2) is 41.6 Å². The van der Waals surface area contributed by atoms with Crippen LogP contribution in [0.4, 0.5) is 5.82 Å². The first-order chi connectivity index (χ1) is 17.8. The SMILES string of the molecule is CC[C@H]1CC[C@H](Cn2c(-c3cc(C(C)C)ccn3)nc3nc(C(=O)O)nc(N[C@H](C)C4CCC4)c32)CC1. The number of pyridine rings is 1. The summed E-state index contributed by atoms with van der Waals surface area (Å²) in [5, 5.41) is 13.3. The van der Waals surface area contributed by atoms with E-state index in [1.165, 1.54) is 56.9 Å². The van der Waals surface area contributed by atoms with Gasteiger partial charge in [-0.2, -0.15) is 0 Å². The predicted molar refractivity (Wildman–Crippen MR) is 146 cm³/mol. The van der Waals surface area contributed by atoms with E-state index in [2.05, 4.69) is 53.6 Å². The molecule has 0 amide bonds. The number of fused-ring (bicyclic) bond motifs is 1. The average molecular weight is 505 g/mol. The summed E-state index contributed by atoms with van der Waals surface area (Å²) in [7, 11) is 0. The number of rotatable bonds is 9. The number of nitrogens with one attached hydrogen (secondary N) is 1. The van der Waals surface area contributed by atoms with Crippen molar-refractivity contribution in [1.29, 1.82) is 0 Å². The van der Waals surface area contributed by atoms with E-state index in [1.807, 2.05) is 12.3 Å². The van der Waals surface area contributed by atoms with Gasteiger partial charge in [0.15, 0.2) is 17.3 Å². The lowest BCUT2D eigenvalue weighted by atomic mass is 9.80. The van der Waals surface area contributed by atoms with E-state index < -0.39 is 5.97 Å². The van der Waals surface area contributed by atoms with Crippen LogP contribution in [-0.2, 0) is 6.54 Å². The number of carbonyl (C=O) groups is 1. The van der Waals surface area contributed by atoms with Gasteiger partial charge in [-0.15, -0.1) is 0 Å². The van der Waals surface area contributed by atoms with E-state index in [9.17, 15) is 9.90 Å². The minimum atomic E-state index is -1.14. The van der Waals surface area contributed by atoms with Crippen LogP contribution in [0.5, 0.6) is 0 Å². The molecular weight excluding hydrogens is 464 g/mol. The highest BCUT2D eigenvalue weighted by Crippen LogP contribution is 2.36. The smallest absolute Gasteiger partial charge is 0.374 e. The van der Waals surface area contributed by atoms with Crippen LogP contribution in [0.15, 0.2) is 18.3 Å². The second-order valence-electron chi connectivity index (χ2n) is 11.5. The van der Waals surface area contributed by atoms with Crippen LogP contribution in [0.25, 0.3) is 22.7 Å². The van der Waals surface area contributed by atoms with Gasteiger partial charge in [-0.3, -0.25) is 4.98 Å². The molecule has 198 valence electrons. The third-order valence-electron chi connectivity index (χ3n) is 8.68. The Bertz CT molecular complexity index is 1260. The highest BCUT2D eigenvalue weighted by atomic mass is 16.4. The fourth-order valence-corrected chi connectivity index (χ4v) is 5.89. The number of aromatic carboxylic acids is 1. The van der Waals surface area contributed by atoms with Crippen molar-refractivity contribution in [2.24, 2.45) is 17.8 Å². The number of nitrogens with zero attached hydrogens (tertiary/aromatic N) is 5. The first-order valence-corrected chi connectivity index (χ1v) is 14.1. The maximum absolute atomic E-state index is 11.9. The quantitative estimate of drug-likeness (QED) is 0.341. The summed E-state index contributed by atoms with van der Waals surface area (Å²) in [5.41, 5.74) is 3.20. The van der Waals surface area contributed by atoms with E-state index in [0.29, 0.717) is 29.2 Å². The molecule has 2 aliphatic rings. The third kappa shape index (κ3) is 5.34. The maximum Gasteiger partial charge on any atom is 0.374 e. The van der Waals surface area contributed by atoms with Gasteiger partial charge < -0.3 is 15.0 Å². The molecule has 0 spiro atoms. The molecule has 5 rings (SSSR count). The Hall–Kier alpha value is -3.03. The summed E-state index contributed by atoms with van der Waals surface area (Å²) >= 11 is 0. The molecule has 1 atom stereocenters. The van der Waals surface area contributed by atoms with Crippen LogP contribution in [0, 0.1) is 17.8 Å². The Balaban J connectivity index is 1.63. The topological polar surface area (TPSA) is 106 Å². The highest BCUT2D eigenvalue weighted by Gasteiger charge is 2.29. The van der Waals surface area contributed by atoms with Crippen molar-refractivity contribution < 1.29 is 9.90 Å². The summed E-state index contributed by atoms with van der Waals surface area (Å²) in [4.78, 5) is 30.5. The van der Waals surface area contributed by atoms with Gasteiger partial charge in [0.2, 0.25) is 5.82 Å². The zero-order valence-electron chi connectivity index (χ0n) is 22.6. The second-order valence-corrected chi connectivity index (χ2v) is 11.5. The Kier molecular flexibility index (Phi) is 7.45. The van der Waals surface area contributed by atoms with Gasteiger partial charge in [-0.05, 0) is 74.0 Å². The van der Waals surface area contributed by atoms with Gasteiger partial charge >= 0.3 is 5.97 Å². The van der Waals surface area contributed by atoms with Crippen molar-refractivity contribution in [3.8, 4) is 11.5 Å². The second kappa shape index (κ2) is 10.8. The number of hydrogen-bond donors (Lipinski definition) is 2. The van der Waals surface area contributed by atoms with Gasteiger partial charge in [-0.1, -0.05) is 46.5 Å². The summed E-state index contributed by atoms with van der Waals surface area (Å²) in [5.74, 6) is 2.24. The number of anilines is 1. The van der Waals surface area contributed by atoms with Crippen LogP contribution in [0.1, 0.15) is 101 Å². The molecular formula is C29H40N6O2. The molecule has 3 heterocycles. The van der Waals surface area contributed by atoms with E-state index in [1.54, 1.807) is 0 Å².